The van der Waals surface area contributed by atoms with Crippen molar-refractivity contribution in [1.29, 1.82) is 0 Å². The smallest absolute Gasteiger partial charge is 0.0876 e. The highest BCUT2D eigenvalue weighted by Crippen LogP contribution is 2.26. The number of nitrogens with zero attached hydrogens (tertiary/aromatic N) is 1. The van der Waals surface area contributed by atoms with Gasteiger partial charge in [-0.1, -0.05) is 0 Å². The molecule has 0 spiro atoms. The molecule has 1 unspecified atom stereocenters. The Morgan fingerprint density at radius 2 is 2.38 bits per heavy atom. The van der Waals surface area contributed by atoms with Crippen molar-refractivity contribution in [2.45, 2.75) is 18.9 Å². The number of rotatable bonds is 3. The first-order chi connectivity index (χ1) is 7.81. The minimum absolute atomic E-state index is 0.161. The third kappa shape index (κ3) is 2.62. The summed E-state index contributed by atoms with van der Waals surface area (Å²) in [5, 5.41) is 3.28. The molecule has 1 aliphatic rings. The van der Waals surface area contributed by atoms with Crippen LogP contribution in [0.2, 0.25) is 0 Å². The van der Waals surface area contributed by atoms with Gasteiger partial charge in [-0.15, -0.1) is 0 Å². The van der Waals surface area contributed by atoms with E-state index in [1.165, 1.54) is 5.57 Å². The highest BCUT2D eigenvalue weighted by atomic mass is 79.9. The summed E-state index contributed by atoms with van der Waals surface area (Å²) in [5.74, 6) is 0. The van der Waals surface area contributed by atoms with E-state index < -0.39 is 0 Å². The van der Waals surface area contributed by atoms with Crippen LogP contribution in [-0.2, 0) is 4.74 Å². The standard InChI is InChI=1S/C12H15BrN2O/c1-14-12(9-3-2-6-16-8-9)11-5-4-10(13)7-15-11/h4-5,7-8,12,14H,2-3,6H2,1H3. The maximum atomic E-state index is 5.37. The lowest BCUT2D eigenvalue weighted by Crippen LogP contribution is -2.21. The molecule has 1 aromatic heterocycles. The zero-order chi connectivity index (χ0) is 11.4. The van der Waals surface area contributed by atoms with Crippen molar-refractivity contribution >= 4 is 15.9 Å². The van der Waals surface area contributed by atoms with E-state index in [2.05, 4.69) is 26.2 Å². The van der Waals surface area contributed by atoms with Gasteiger partial charge in [-0.2, -0.15) is 0 Å². The Morgan fingerprint density at radius 3 is 2.94 bits per heavy atom. The fourth-order valence-corrected chi connectivity index (χ4v) is 2.11. The van der Waals surface area contributed by atoms with Crippen molar-refractivity contribution < 1.29 is 4.74 Å². The van der Waals surface area contributed by atoms with E-state index in [4.69, 9.17) is 4.74 Å². The van der Waals surface area contributed by atoms with Crippen molar-refractivity contribution in [3.63, 3.8) is 0 Å². The van der Waals surface area contributed by atoms with E-state index in [0.29, 0.717) is 0 Å². The molecule has 1 atom stereocenters. The first-order valence-corrected chi connectivity index (χ1v) is 6.20. The number of halogens is 1. The third-order valence-electron chi connectivity index (χ3n) is 2.67. The van der Waals surface area contributed by atoms with Crippen LogP contribution in [0.4, 0.5) is 0 Å². The quantitative estimate of drug-likeness (QED) is 0.926. The maximum Gasteiger partial charge on any atom is 0.0876 e. The summed E-state index contributed by atoms with van der Waals surface area (Å²) in [6.45, 7) is 0.827. The average molecular weight is 283 g/mol. The molecular weight excluding hydrogens is 268 g/mol. The molecule has 0 fully saturated rings. The molecule has 0 saturated carbocycles. The van der Waals surface area contributed by atoms with Gasteiger partial charge in [-0.25, -0.2) is 0 Å². The largest absolute Gasteiger partial charge is 0.501 e. The molecule has 2 heterocycles. The Hall–Kier alpha value is -0.870. The van der Waals surface area contributed by atoms with Crippen LogP contribution < -0.4 is 5.32 Å². The third-order valence-corrected chi connectivity index (χ3v) is 3.14. The van der Waals surface area contributed by atoms with E-state index in [1.807, 2.05) is 31.6 Å². The molecule has 0 radical (unpaired) electrons. The summed E-state index contributed by atoms with van der Waals surface area (Å²) in [4.78, 5) is 4.42. The van der Waals surface area contributed by atoms with Crippen molar-refractivity contribution in [3.05, 3.63) is 40.3 Å². The van der Waals surface area contributed by atoms with Gasteiger partial charge in [0.05, 0.1) is 24.6 Å². The summed E-state index contributed by atoms with van der Waals surface area (Å²) in [6, 6.07) is 4.20. The molecule has 0 aliphatic carbocycles. The summed E-state index contributed by atoms with van der Waals surface area (Å²) in [7, 11) is 1.95. The first-order valence-electron chi connectivity index (χ1n) is 5.40. The van der Waals surface area contributed by atoms with Gasteiger partial charge in [0.2, 0.25) is 0 Å². The Bertz CT molecular complexity index is 375. The molecule has 0 aromatic carbocycles. The average Bonchev–Trinajstić information content (AvgIpc) is 2.34. The van der Waals surface area contributed by atoms with Gasteiger partial charge in [-0.05, 0) is 53.5 Å². The Balaban J connectivity index is 2.21. The molecule has 1 aliphatic heterocycles. The van der Waals surface area contributed by atoms with Crippen LogP contribution >= 0.6 is 15.9 Å². The molecule has 1 N–H and O–H groups in total. The van der Waals surface area contributed by atoms with Gasteiger partial charge in [0, 0.05) is 10.7 Å². The molecular formula is C12H15BrN2O. The number of aromatic nitrogens is 1. The van der Waals surface area contributed by atoms with E-state index in [1.54, 1.807) is 0 Å². The van der Waals surface area contributed by atoms with Gasteiger partial charge in [0.15, 0.2) is 0 Å². The molecule has 0 bridgehead atoms. The number of hydrogen-bond donors (Lipinski definition) is 1. The number of pyridine rings is 1. The number of ether oxygens (including phenoxy) is 1. The number of likely N-dealkylation sites (N-methyl/N-ethyl adjacent to an activating group) is 1. The lowest BCUT2D eigenvalue weighted by Gasteiger charge is -2.22. The van der Waals surface area contributed by atoms with Gasteiger partial charge < -0.3 is 10.1 Å². The number of hydrogen-bond acceptors (Lipinski definition) is 3. The van der Waals surface area contributed by atoms with Crippen molar-refractivity contribution in [2.75, 3.05) is 13.7 Å². The van der Waals surface area contributed by atoms with E-state index in [-0.39, 0.29) is 6.04 Å². The first kappa shape index (κ1) is 11.6. The highest BCUT2D eigenvalue weighted by Gasteiger charge is 2.18. The maximum absolute atomic E-state index is 5.37. The molecule has 1 aromatic rings. The lowest BCUT2D eigenvalue weighted by molar-refractivity contribution is 0.219. The zero-order valence-corrected chi connectivity index (χ0v) is 10.8. The molecule has 0 saturated heterocycles. The van der Waals surface area contributed by atoms with Crippen LogP contribution in [0.15, 0.2) is 34.6 Å². The molecule has 16 heavy (non-hydrogen) atoms. The van der Waals surface area contributed by atoms with Crippen LogP contribution in [0.1, 0.15) is 24.6 Å². The van der Waals surface area contributed by atoms with Crippen molar-refractivity contribution in [2.24, 2.45) is 0 Å². The second kappa shape index (κ2) is 5.46. The fraction of sp³-hybridized carbons (Fsp3) is 0.417. The van der Waals surface area contributed by atoms with Gasteiger partial charge in [0.1, 0.15) is 0 Å². The monoisotopic (exact) mass is 282 g/mol. The summed E-state index contributed by atoms with van der Waals surface area (Å²) in [6.07, 6.45) is 5.85. The fourth-order valence-electron chi connectivity index (χ4n) is 1.88. The van der Waals surface area contributed by atoms with Crippen molar-refractivity contribution in [1.82, 2.24) is 10.3 Å². The molecule has 2 rings (SSSR count). The summed E-state index contributed by atoms with van der Waals surface area (Å²) in [5.41, 5.74) is 2.30. The Morgan fingerprint density at radius 1 is 1.50 bits per heavy atom. The highest BCUT2D eigenvalue weighted by molar-refractivity contribution is 9.10. The van der Waals surface area contributed by atoms with Gasteiger partial charge in [0.25, 0.3) is 0 Å². The van der Waals surface area contributed by atoms with Crippen LogP contribution in [0.5, 0.6) is 0 Å². The van der Waals surface area contributed by atoms with E-state index in [9.17, 15) is 0 Å². The van der Waals surface area contributed by atoms with Gasteiger partial charge >= 0.3 is 0 Å². The second-order valence-electron chi connectivity index (χ2n) is 3.79. The van der Waals surface area contributed by atoms with Gasteiger partial charge in [-0.3, -0.25) is 4.98 Å². The van der Waals surface area contributed by atoms with Crippen LogP contribution in [0.25, 0.3) is 0 Å². The second-order valence-corrected chi connectivity index (χ2v) is 4.71. The number of nitrogens with one attached hydrogen (secondary N) is 1. The van der Waals surface area contributed by atoms with Crippen LogP contribution in [0, 0.1) is 0 Å². The van der Waals surface area contributed by atoms with Crippen molar-refractivity contribution in [3.8, 4) is 0 Å². The summed E-state index contributed by atoms with van der Waals surface area (Å²) >= 11 is 3.39. The SMILES string of the molecule is CNC(C1=COCCC1)c1ccc(Br)cn1. The lowest BCUT2D eigenvalue weighted by atomic mass is 9.99. The normalized spacial score (nSPS) is 17.5. The molecule has 86 valence electrons. The predicted octanol–water partition coefficient (Wildman–Crippen LogP) is 2.80. The Kier molecular flexibility index (Phi) is 3.96. The topological polar surface area (TPSA) is 34.1 Å². The van der Waals surface area contributed by atoms with Crippen LogP contribution in [-0.4, -0.2) is 18.6 Å². The molecule has 4 heteroatoms. The zero-order valence-electron chi connectivity index (χ0n) is 9.24. The minimum Gasteiger partial charge on any atom is -0.501 e. The molecule has 3 nitrogen and oxygen atoms in total. The van der Waals surface area contributed by atoms with Crippen LogP contribution in [0.3, 0.4) is 0 Å². The predicted molar refractivity (Wildman–Crippen MR) is 67.0 cm³/mol. The van der Waals surface area contributed by atoms with E-state index in [0.717, 1.165) is 29.6 Å². The molecule has 0 amide bonds. The summed E-state index contributed by atoms with van der Waals surface area (Å²) < 4.78 is 6.37. The van der Waals surface area contributed by atoms with E-state index >= 15 is 0 Å². The minimum atomic E-state index is 0.161. The Labute approximate surface area is 104 Å².